The Morgan fingerprint density at radius 2 is 1.70 bits per heavy atom. The molecule has 20 heavy (non-hydrogen) atoms. The molecule has 0 amide bonds. The molecule has 3 rings (SSSR count). The van der Waals surface area contributed by atoms with Crippen LogP contribution in [0.25, 0.3) is 10.8 Å². The molecule has 2 aromatic carbocycles. The van der Waals surface area contributed by atoms with Gasteiger partial charge in [-0.15, -0.1) is 0 Å². The van der Waals surface area contributed by atoms with Crippen LogP contribution in [0.1, 0.15) is 17.2 Å². The molecule has 3 heteroatoms. The van der Waals surface area contributed by atoms with E-state index in [9.17, 15) is 0 Å². The Labute approximate surface area is 118 Å². The average molecular weight is 264 g/mol. The van der Waals surface area contributed by atoms with Crippen LogP contribution in [-0.4, -0.2) is 12.1 Å². The van der Waals surface area contributed by atoms with Crippen LogP contribution < -0.4 is 10.5 Å². The van der Waals surface area contributed by atoms with Crippen LogP contribution in [0.3, 0.4) is 0 Å². The van der Waals surface area contributed by atoms with E-state index in [0.29, 0.717) is 0 Å². The van der Waals surface area contributed by atoms with Crippen LogP contribution in [0.15, 0.2) is 60.9 Å². The summed E-state index contributed by atoms with van der Waals surface area (Å²) in [4.78, 5) is 4.29. The van der Waals surface area contributed by atoms with E-state index in [1.807, 2.05) is 54.9 Å². The van der Waals surface area contributed by atoms with Gasteiger partial charge in [0.2, 0.25) is 0 Å². The maximum absolute atomic E-state index is 6.44. The molecule has 1 heterocycles. The maximum Gasteiger partial charge on any atom is 0.123 e. The molecule has 0 aliphatic rings. The van der Waals surface area contributed by atoms with Crippen molar-refractivity contribution in [3.05, 3.63) is 72.1 Å². The summed E-state index contributed by atoms with van der Waals surface area (Å²) in [5.74, 6) is 0.799. The van der Waals surface area contributed by atoms with Crippen LogP contribution in [-0.2, 0) is 0 Å². The quantitative estimate of drug-likeness (QED) is 0.789. The average Bonchev–Trinajstić information content (AvgIpc) is 2.53. The lowest BCUT2D eigenvalue weighted by molar-refractivity contribution is 0.408. The van der Waals surface area contributed by atoms with Gasteiger partial charge >= 0.3 is 0 Å². The maximum atomic E-state index is 6.44. The third kappa shape index (κ3) is 2.12. The van der Waals surface area contributed by atoms with Crippen LogP contribution in [0.4, 0.5) is 0 Å². The van der Waals surface area contributed by atoms with Gasteiger partial charge in [0, 0.05) is 23.3 Å². The summed E-state index contributed by atoms with van der Waals surface area (Å²) < 4.78 is 5.40. The van der Waals surface area contributed by atoms with Gasteiger partial charge in [0.1, 0.15) is 5.75 Å². The van der Waals surface area contributed by atoms with Gasteiger partial charge in [0.05, 0.1) is 13.2 Å². The minimum atomic E-state index is -0.259. The lowest BCUT2D eigenvalue weighted by Crippen LogP contribution is -2.13. The van der Waals surface area contributed by atoms with Gasteiger partial charge in [-0.05, 0) is 17.0 Å². The molecular weight excluding hydrogens is 248 g/mol. The van der Waals surface area contributed by atoms with Crippen molar-refractivity contribution >= 4 is 10.8 Å². The Morgan fingerprint density at radius 3 is 2.55 bits per heavy atom. The van der Waals surface area contributed by atoms with Gasteiger partial charge in [0.15, 0.2) is 0 Å². The first kappa shape index (κ1) is 12.6. The highest BCUT2D eigenvalue weighted by atomic mass is 16.5. The summed E-state index contributed by atoms with van der Waals surface area (Å²) in [6, 6.07) is 15.7. The van der Waals surface area contributed by atoms with Crippen molar-refractivity contribution in [3.63, 3.8) is 0 Å². The third-order valence-corrected chi connectivity index (χ3v) is 3.51. The summed E-state index contributed by atoms with van der Waals surface area (Å²) >= 11 is 0. The van der Waals surface area contributed by atoms with Gasteiger partial charge in [-0.2, -0.15) is 0 Å². The van der Waals surface area contributed by atoms with Gasteiger partial charge in [-0.25, -0.2) is 0 Å². The zero-order valence-corrected chi connectivity index (χ0v) is 11.3. The molecule has 0 radical (unpaired) electrons. The van der Waals surface area contributed by atoms with Crippen LogP contribution >= 0.6 is 0 Å². The minimum absolute atomic E-state index is 0.259. The number of methoxy groups -OCH3 is 1. The van der Waals surface area contributed by atoms with E-state index >= 15 is 0 Å². The highest BCUT2D eigenvalue weighted by Crippen LogP contribution is 2.31. The van der Waals surface area contributed by atoms with Crippen molar-refractivity contribution in [1.29, 1.82) is 0 Å². The smallest absolute Gasteiger partial charge is 0.123 e. The molecule has 1 aromatic heterocycles. The standard InChI is InChI=1S/C17H16N2O/c1-20-16-9-5-4-8-14(16)17(18)15-11-19-10-12-6-2-3-7-13(12)15/h2-11,17H,18H2,1H3. The first-order valence-electron chi connectivity index (χ1n) is 6.52. The second kappa shape index (κ2) is 5.31. The number of pyridine rings is 1. The number of hydrogen-bond acceptors (Lipinski definition) is 3. The molecule has 1 unspecified atom stereocenters. The van der Waals surface area contributed by atoms with E-state index < -0.39 is 0 Å². The predicted octanol–water partition coefficient (Wildman–Crippen LogP) is 3.29. The number of nitrogens with zero attached hydrogens (tertiary/aromatic N) is 1. The summed E-state index contributed by atoms with van der Waals surface area (Å²) in [7, 11) is 1.66. The van der Waals surface area contributed by atoms with Crippen LogP contribution in [0, 0.1) is 0 Å². The van der Waals surface area contributed by atoms with E-state index in [1.54, 1.807) is 7.11 Å². The number of nitrogens with two attached hydrogens (primary N) is 1. The predicted molar refractivity (Wildman–Crippen MR) is 80.8 cm³/mol. The van der Waals surface area contributed by atoms with E-state index in [1.165, 1.54) is 0 Å². The van der Waals surface area contributed by atoms with E-state index in [0.717, 1.165) is 27.6 Å². The summed E-state index contributed by atoms with van der Waals surface area (Å²) in [5, 5.41) is 2.22. The fraction of sp³-hybridized carbons (Fsp3) is 0.118. The highest BCUT2D eigenvalue weighted by molar-refractivity contribution is 5.85. The normalized spacial score (nSPS) is 12.3. The molecule has 0 aliphatic heterocycles. The molecule has 2 N–H and O–H groups in total. The Morgan fingerprint density at radius 1 is 0.950 bits per heavy atom. The molecule has 0 bridgehead atoms. The largest absolute Gasteiger partial charge is 0.496 e. The van der Waals surface area contributed by atoms with Gasteiger partial charge < -0.3 is 10.5 Å². The number of ether oxygens (including phenoxy) is 1. The summed E-state index contributed by atoms with van der Waals surface area (Å²) in [6.45, 7) is 0. The first-order valence-corrected chi connectivity index (χ1v) is 6.52. The SMILES string of the molecule is COc1ccccc1C(N)c1cncc2ccccc12. The molecule has 0 saturated heterocycles. The molecular formula is C17H16N2O. The Kier molecular flexibility index (Phi) is 3.35. The van der Waals surface area contributed by atoms with Crippen molar-refractivity contribution < 1.29 is 4.74 Å². The van der Waals surface area contributed by atoms with Gasteiger partial charge in [-0.3, -0.25) is 4.98 Å². The Balaban J connectivity index is 2.15. The molecule has 3 nitrogen and oxygen atoms in total. The Bertz CT molecular complexity index is 734. The number of aromatic nitrogens is 1. The van der Waals surface area contributed by atoms with Crippen molar-refractivity contribution in [3.8, 4) is 5.75 Å². The fourth-order valence-electron chi connectivity index (χ4n) is 2.48. The molecule has 1 atom stereocenters. The first-order chi connectivity index (χ1) is 9.81. The summed E-state index contributed by atoms with van der Waals surface area (Å²) in [6.07, 6.45) is 3.69. The fourth-order valence-corrected chi connectivity index (χ4v) is 2.48. The highest BCUT2D eigenvalue weighted by Gasteiger charge is 2.16. The van der Waals surface area contributed by atoms with Crippen LogP contribution in [0.5, 0.6) is 5.75 Å². The third-order valence-electron chi connectivity index (χ3n) is 3.51. The zero-order chi connectivity index (χ0) is 13.9. The Hall–Kier alpha value is -2.39. The number of rotatable bonds is 3. The van der Waals surface area contributed by atoms with Crippen molar-refractivity contribution in [2.75, 3.05) is 7.11 Å². The second-order valence-corrected chi connectivity index (χ2v) is 4.67. The van der Waals surface area contributed by atoms with E-state index in [-0.39, 0.29) is 6.04 Å². The molecule has 0 aliphatic carbocycles. The van der Waals surface area contributed by atoms with Gasteiger partial charge in [0.25, 0.3) is 0 Å². The van der Waals surface area contributed by atoms with E-state index in [2.05, 4.69) is 11.1 Å². The lowest BCUT2D eigenvalue weighted by atomic mass is 9.96. The van der Waals surface area contributed by atoms with Crippen molar-refractivity contribution in [1.82, 2.24) is 4.98 Å². The summed E-state index contributed by atoms with van der Waals surface area (Å²) in [5.41, 5.74) is 8.41. The molecule has 0 fully saturated rings. The monoisotopic (exact) mass is 264 g/mol. The van der Waals surface area contributed by atoms with Crippen molar-refractivity contribution in [2.24, 2.45) is 5.73 Å². The van der Waals surface area contributed by atoms with Gasteiger partial charge in [-0.1, -0.05) is 42.5 Å². The number of fused-ring (bicyclic) bond motifs is 1. The molecule has 0 spiro atoms. The topological polar surface area (TPSA) is 48.1 Å². The zero-order valence-electron chi connectivity index (χ0n) is 11.3. The number of para-hydroxylation sites is 1. The number of hydrogen-bond donors (Lipinski definition) is 1. The minimum Gasteiger partial charge on any atom is -0.496 e. The van der Waals surface area contributed by atoms with Crippen molar-refractivity contribution in [2.45, 2.75) is 6.04 Å². The number of benzene rings is 2. The van der Waals surface area contributed by atoms with Crippen LogP contribution in [0.2, 0.25) is 0 Å². The molecule has 100 valence electrons. The molecule has 0 saturated carbocycles. The second-order valence-electron chi connectivity index (χ2n) is 4.67. The lowest BCUT2D eigenvalue weighted by Gasteiger charge is -2.17. The van der Waals surface area contributed by atoms with E-state index in [4.69, 9.17) is 10.5 Å². The molecule has 3 aromatic rings.